The number of esters is 1. The second-order valence-electron chi connectivity index (χ2n) is 6.67. The molecule has 0 aromatic heterocycles. The third-order valence-corrected chi connectivity index (χ3v) is 3.37. The molecule has 0 aliphatic heterocycles. The molecule has 3 heteroatoms. The van der Waals surface area contributed by atoms with E-state index in [4.69, 9.17) is 11.2 Å². The summed E-state index contributed by atoms with van der Waals surface area (Å²) in [5.41, 5.74) is 2.00. The zero-order valence-electron chi connectivity index (χ0n) is 14.9. The Hall–Kier alpha value is -2.86. The first-order chi connectivity index (χ1) is 11.9. The Kier molecular flexibility index (Phi) is 6.14. The van der Waals surface area contributed by atoms with Gasteiger partial charge in [0.2, 0.25) is 0 Å². The lowest BCUT2D eigenvalue weighted by atomic mass is 10.0. The van der Waals surface area contributed by atoms with Crippen LogP contribution in [0.5, 0.6) is 0 Å². The SMILES string of the molecule is C#CCC(N=C(c1ccccc1)c1ccccc1)C(=O)OC(C)(C)C. The summed E-state index contributed by atoms with van der Waals surface area (Å²) in [6.45, 7) is 5.49. The lowest BCUT2D eigenvalue weighted by Gasteiger charge is -2.22. The van der Waals surface area contributed by atoms with Crippen molar-refractivity contribution in [3.05, 3.63) is 71.8 Å². The van der Waals surface area contributed by atoms with Crippen molar-refractivity contribution in [1.82, 2.24) is 0 Å². The lowest BCUT2D eigenvalue weighted by molar-refractivity contribution is -0.156. The monoisotopic (exact) mass is 333 g/mol. The van der Waals surface area contributed by atoms with Gasteiger partial charge in [0.05, 0.1) is 5.71 Å². The molecular weight excluding hydrogens is 310 g/mol. The van der Waals surface area contributed by atoms with Crippen molar-refractivity contribution in [2.75, 3.05) is 0 Å². The highest BCUT2D eigenvalue weighted by atomic mass is 16.6. The molecule has 0 bridgehead atoms. The average molecular weight is 333 g/mol. The van der Waals surface area contributed by atoms with Crippen molar-refractivity contribution in [3.63, 3.8) is 0 Å². The third-order valence-electron chi connectivity index (χ3n) is 3.37. The van der Waals surface area contributed by atoms with Gasteiger partial charge >= 0.3 is 5.97 Å². The molecule has 0 N–H and O–H groups in total. The van der Waals surface area contributed by atoms with Crippen LogP contribution in [0.1, 0.15) is 38.3 Å². The highest BCUT2D eigenvalue weighted by Crippen LogP contribution is 2.16. The molecule has 2 rings (SSSR count). The van der Waals surface area contributed by atoms with Crippen molar-refractivity contribution < 1.29 is 9.53 Å². The Bertz CT molecular complexity index is 724. The van der Waals surface area contributed by atoms with Crippen molar-refractivity contribution in [1.29, 1.82) is 0 Å². The van der Waals surface area contributed by atoms with Gasteiger partial charge in [-0.15, -0.1) is 12.3 Å². The Morgan fingerprint density at radius 2 is 1.52 bits per heavy atom. The van der Waals surface area contributed by atoms with Gasteiger partial charge in [-0.25, -0.2) is 4.79 Å². The van der Waals surface area contributed by atoms with Crippen LogP contribution < -0.4 is 0 Å². The van der Waals surface area contributed by atoms with E-state index in [9.17, 15) is 4.79 Å². The van der Waals surface area contributed by atoms with Crippen LogP contribution in [0.3, 0.4) is 0 Å². The number of hydrogen-bond acceptors (Lipinski definition) is 3. The summed E-state index contributed by atoms with van der Waals surface area (Å²) in [4.78, 5) is 17.2. The first-order valence-electron chi connectivity index (χ1n) is 8.25. The molecule has 2 aromatic rings. The highest BCUT2D eigenvalue weighted by Gasteiger charge is 2.25. The van der Waals surface area contributed by atoms with Crippen LogP contribution in [0, 0.1) is 12.3 Å². The summed E-state index contributed by atoms with van der Waals surface area (Å²) < 4.78 is 5.48. The fourth-order valence-electron chi connectivity index (χ4n) is 2.33. The second-order valence-corrected chi connectivity index (χ2v) is 6.67. The number of rotatable bonds is 5. The van der Waals surface area contributed by atoms with E-state index in [1.165, 1.54) is 0 Å². The molecule has 128 valence electrons. The maximum atomic E-state index is 12.5. The summed E-state index contributed by atoms with van der Waals surface area (Å²) >= 11 is 0. The number of aliphatic imine (C=N–C) groups is 1. The number of benzene rings is 2. The van der Waals surface area contributed by atoms with Crippen molar-refractivity contribution in [3.8, 4) is 12.3 Å². The van der Waals surface area contributed by atoms with Crippen LogP contribution in [0.25, 0.3) is 0 Å². The normalized spacial score (nSPS) is 11.9. The van der Waals surface area contributed by atoms with E-state index in [1.54, 1.807) is 0 Å². The molecule has 0 fully saturated rings. The molecule has 0 heterocycles. The predicted octanol–water partition coefficient (Wildman–Crippen LogP) is 4.26. The Morgan fingerprint density at radius 1 is 1.04 bits per heavy atom. The van der Waals surface area contributed by atoms with Gasteiger partial charge in [-0.05, 0) is 20.8 Å². The molecule has 3 nitrogen and oxygen atoms in total. The van der Waals surface area contributed by atoms with Crippen LogP contribution in [0.2, 0.25) is 0 Å². The van der Waals surface area contributed by atoms with E-state index in [1.807, 2.05) is 81.4 Å². The van der Waals surface area contributed by atoms with Gasteiger partial charge in [0.1, 0.15) is 5.60 Å². The Balaban J connectivity index is 2.46. The Labute approximate surface area is 149 Å². The summed E-state index contributed by atoms with van der Waals surface area (Å²) in [5.74, 6) is 2.13. The lowest BCUT2D eigenvalue weighted by Crippen LogP contribution is -2.31. The van der Waals surface area contributed by atoms with E-state index >= 15 is 0 Å². The molecule has 0 spiro atoms. The van der Waals surface area contributed by atoms with Gasteiger partial charge in [0.25, 0.3) is 0 Å². The van der Waals surface area contributed by atoms with Crippen LogP contribution in [0.15, 0.2) is 65.7 Å². The molecule has 0 saturated heterocycles. The fourth-order valence-corrected chi connectivity index (χ4v) is 2.33. The van der Waals surface area contributed by atoms with E-state index < -0.39 is 17.6 Å². The number of hydrogen-bond donors (Lipinski definition) is 0. The van der Waals surface area contributed by atoms with E-state index in [-0.39, 0.29) is 6.42 Å². The minimum Gasteiger partial charge on any atom is -0.458 e. The van der Waals surface area contributed by atoms with E-state index in [0.717, 1.165) is 16.8 Å². The number of nitrogens with zero attached hydrogens (tertiary/aromatic N) is 1. The Morgan fingerprint density at radius 3 is 1.92 bits per heavy atom. The molecule has 1 atom stereocenters. The van der Waals surface area contributed by atoms with Crippen LogP contribution in [-0.4, -0.2) is 23.3 Å². The van der Waals surface area contributed by atoms with Crippen LogP contribution in [-0.2, 0) is 9.53 Å². The molecule has 25 heavy (non-hydrogen) atoms. The first-order valence-corrected chi connectivity index (χ1v) is 8.25. The quantitative estimate of drug-likeness (QED) is 0.466. The molecule has 1 unspecified atom stereocenters. The van der Waals surface area contributed by atoms with Crippen molar-refractivity contribution in [2.24, 2.45) is 4.99 Å². The second kappa shape index (κ2) is 8.30. The molecule has 0 saturated carbocycles. The maximum Gasteiger partial charge on any atom is 0.332 e. The standard InChI is InChI=1S/C22H23NO2/c1-5-12-19(21(24)25-22(2,3)4)23-20(17-13-8-6-9-14-17)18-15-10-7-11-16-18/h1,6-11,13-16,19H,12H2,2-4H3. The van der Waals surface area contributed by atoms with E-state index in [2.05, 4.69) is 10.9 Å². The van der Waals surface area contributed by atoms with Crippen molar-refractivity contribution >= 4 is 11.7 Å². The molecule has 2 aromatic carbocycles. The van der Waals surface area contributed by atoms with Crippen LogP contribution in [0.4, 0.5) is 0 Å². The molecule has 0 aliphatic carbocycles. The van der Waals surface area contributed by atoms with Gasteiger partial charge < -0.3 is 4.74 Å². The largest absolute Gasteiger partial charge is 0.458 e. The molecule has 0 amide bonds. The fraction of sp³-hybridized carbons (Fsp3) is 0.273. The molecular formula is C22H23NO2. The first kappa shape index (κ1) is 18.5. The molecule has 0 aliphatic rings. The predicted molar refractivity (Wildman–Crippen MR) is 102 cm³/mol. The van der Waals surface area contributed by atoms with Gasteiger partial charge in [-0.3, -0.25) is 4.99 Å². The number of terminal acetylenes is 1. The topological polar surface area (TPSA) is 38.7 Å². The smallest absolute Gasteiger partial charge is 0.332 e. The highest BCUT2D eigenvalue weighted by molar-refractivity contribution is 6.13. The summed E-state index contributed by atoms with van der Waals surface area (Å²) in [6, 6.07) is 18.8. The third kappa shape index (κ3) is 5.61. The van der Waals surface area contributed by atoms with E-state index in [0.29, 0.717) is 0 Å². The minimum atomic E-state index is -0.736. The minimum absolute atomic E-state index is 0.193. The van der Waals surface area contributed by atoms with Gasteiger partial charge in [-0.1, -0.05) is 60.7 Å². The zero-order chi connectivity index (χ0) is 18.3. The number of carbonyl (C=O) groups excluding carboxylic acids is 1. The summed E-state index contributed by atoms with van der Waals surface area (Å²) in [7, 11) is 0. The molecule has 0 radical (unpaired) electrons. The zero-order valence-corrected chi connectivity index (χ0v) is 14.9. The van der Waals surface area contributed by atoms with Crippen molar-refractivity contribution in [2.45, 2.75) is 38.8 Å². The summed E-state index contributed by atoms with van der Waals surface area (Å²) in [6.07, 6.45) is 5.65. The van der Waals surface area contributed by atoms with Gasteiger partial charge in [0, 0.05) is 17.5 Å². The average Bonchev–Trinajstić information content (AvgIpc) is 2.58. The maximum absolute atomic E-state index is 12.5. The summed E-state index contributed by atoms with van der Waals surface area (Å²) in [5, 5.41) is 0. The van der Waals surface area contributed by atoms with Gasteiger partial charge in [-0.2, -0.15) is 0 Å². The number of ether oxygens (including phenoxy) is 1. The number of carbonyl (C=O) groups is 1. The van der Waals surface area contributed by atoms with Crippen LogP contribution >= 0.6 is 0 Å². The van der Waals surface area contributed by atoms with Gasteiger partial charge in [0.15, 0.2) is 6.04 Å².